The summed E-state index contributed by atoms with van der Waals surface area (Å²) in [4.78, 5) is 23.2. The predicted molar refractivity (Wildman–Crippen MR) is 76.5 cm³/mol. The van der Waals surface area contributed by atoms with Crippen LogP contribution in [0.2, 0.25) is 0 Å². The van der Waals surface area contributed by atoms with Gasteiger partial charge in [-0.25, -0.2) is 0 Å². The topological polar surface area (TPSA) is 86.6 Å². The number of hydrogen-bond acceptors (Lipinski definition) is 3. The van der Waals surface area contributed by atoms with E-state index in [1.165, 1.54) is 0 Å². The number of fused-ring (bicyclic) bond motifs is 1. The van der Waals surface area contributed by atoms with Crippen LogP contribution in [0.3, 0.4) is 0 Å². The Balaban J connectivity index is 1.47. The first kappa shape index (κ1) is 14.8. The molecule has 4 atom stereocenters. The molecule has 3 aliphatic rings. The lowest BCUT2D eigenvalue weighted by Gasteiger charge is -2.41. The summed E-state index contributed by atoms with van der Waals surface area (Å²) in [5.41, 5.74) is -0.815. The van der Waals surface area contributed by atoms with Crippen LogP contribution in [0.25, 0.3) is 0 Å². The Morgan fingerprint density at radius 1 is 1.10 bits per heavy atom. The Morgan fingerprint density at radius 2 is 1.81 bits per heavy atom. The lowest BCUT2D eigenvalue weighted by molar-refractivity contribution is -0.141. The second-order valence-electron chi connectivity index (χ2n) is 7.30. The van der Waals surface area contributed by atoms with Gasteiger partial charge in [0.1, 0.15) is 0 Å². The van der Waals surface area contributed by atoms with E-state index < -0.39 is 11.6 Å². The maximum atomic E-state index is 12.1. The molecular formula is C16H25NO4. The summed E-state index contributed by atoms with van der Waals surface area (Å²) in [5.74, 6) is -0.206. The van der Waals surface area contributed by atoms with Gasteiger partial charge in [0.25, 0.3) is 0 Å². The summed E-state index contributed by atoms with van der Waals surface area (Å²) in [6.45, 7) is 0. The minimum atomic E-state index is -0.815. The van der Waals surface area contributed by atoms with E-state index in [2.05, 4.69) is 5.32 Å². The summed E-state index contributed by atoms with van der Waals surface area (Å²) in [5, 5.41) is 22.5. The van der Waals surface area contributed by atoms with Gasteiger partial charge in [-0.05, 0) is 43.9 Å². The Labute approximate surface area is 125 Å². The Kier molecular flexibility index (Phi) is 3.95. The molecule has 21 heavy (non-hydrogen) atoms. The van der Waals surface area contributed by atoms with Crippen molar-refractivity contribution < 1.29 is 19.8 Å². The fraction of sp³-hybridized carbons (Fsp3) is 0.875. The van der Waals surface area contributed by atoms with Crippen LogP contribution < -0.4 is 5.32 Å². The van der Waals surface area contributed by atoms with Crippen LogP contribution >= 0.6 is 0 Å². The van der Waals surface area contributed by atoms with Crippen molar-refractivity contribution in [2.75, 3.05) is 0 Å². The van der Waals surface area contributed by atoms with E-state index >= 15 is 0 Å². The van der Waals surface area contributed by atoms with Crippen LogP contribution in [0.4, 0.5) is 0 Å². The first-order valence-corrected chi connectivity index (χ1v) is 8.21. The van der Waals surface area contributed by atoms with Gasteiger partial charge in [-0.15, -0.1) is 0 Å². The van der Waals surface area contributed by atoms with Crippen LogP contribution in [0.15, 0.2) is 0 Å². The number of hydrogen-bond donors (Lipinski definition) is 3. The van der Waals surface area contributed by atoms with Crippen molar-refractivity contribution in [3.63, 3.8) is 0 Å². The van der Waals surface area contributed by atoms with Gasteiger partial charge in [0.2, 0.25) is 5.91 Å². The molecule has 0 bridgehead atoms. The third kappa shape index (κ3) is 3.07. The molecule has 0 aliphatic heterocycles. The smallest absolute Gasteiger partial charge is 0.306 e. The SMILES string of the molecule is O=C(CC1(O)CCCCC1)N[C@H]1C[C@H]2CC(C(=O)O)C[C@H]21. The molecule has 3 aliphatic carbocycles. The molecule has 5 nitrogen and oxygen atoms in total. The molecule has 0 radical (unpaired) electrons. The molecule has 3 N–H and O–H groups in total. The maximum absolute atomic E-state index is 12.1. The van der Waals surface area contributed by atoms with Crippen LogP contribution in [0, 0.1) is 17.8 Å². The monoisotopic (exact) mass is 295 g/mol. The first-order valence-electron chi connectivity index (χ1n) is 8.21. The summed E-state index contributed by atoms with van der Waals surface area (Å²) in [6, 6.07) is 0.124. The van der Waals surface area contributed by atoms with Gasteiger partial charge < -0.3 is 15.5 Å². The van der Waals surface area contributed by atoms with E-state index in [1.54, 1.807) is 0 Å². The Hall–Kier alpha value is -1.10. The van der Waals surface area contributed by atoms with Crippen molar-refractivity contribution in [2.45, 2.75) is 69.4 Å². The molecule has 1 amide bonds. The summed E-state index contributed by atoms with van der Waals surface area (Å²) < 4.78 is 0. The summed E-state index contributed by atoms with van der Waals surface area (Å²) in [7, 11) is 0. The van der Waals surface area contributed by atoms with Gasteiger partial charge in [-0.2, -0.15) is 0 Å². The molecule has 3 rings (SSSR count). The fourth-order valence-electron chi connectivity index (χ4n) is 4.54. The number of rotatable bonds is 4. The largest absolute Gasteiger partial charge is 0.481 e. The second kappa shape index (κ2) is 5.59. The highest BCUT2D eigenvalue weighted by Gasteiger charge is 2.50. The number of carbonyl (C=O) groups excluding carboxylic acids is 1. The molecule has 118 valence electrons. The molecule has 0 saturated heterocycles. The van der Waals surface area contributed by atoms with Gasteiger partial charge in [0, 0.05) is 6.04 Å². The number of carbonyl (C=O) groups is 2. The zero-order valence-electron chi connectivity index (χ0n) is 12.4. The highest BCUT2D eigenvalue weighted by Crippen LogP contribution is 2.49. The molecule has 3 saturated carbocycles. The van der Waals surface area contributed by atoms with Crippen molar-refractivity contribution in [3.05, 3.63) is 0 Å². The predicted octanol–water partition coefficient (Wildman–Crippen LogP) is 1.69. The third-order valence-corrected chi connectivity index (χ3v) is 5.79. The van der Waals surface area contributed by atoms with Crippen molar-refractivity contribution >= 4 is 11.9 Å². The summed E-state index contributed by atoms with van der Waals surface area (Å²) >= 11 is 0. The number of aliphatic hydroxyl groups is 1. The molecule has 1 unspecified atom stereocenters. The number of carboxylic acid groups (broad SMARTS) is 1. The van der Waals surface area contributed by atoms with Gasteiger partial charge in [0.05, 0.1) is 17.9 Å². The molecule has 0 spiro atoms. The van der Waals surface area contributed by atoms with E-state index in [9.17, 15) is 14.7 Å². The van der Waals surface area contributed by atoms with E-state index in [1.807, 2.05) is 0 Å². The van der Waals surface area contributed by atoms with Gasteiger partial charge in [0.15, 0.2) is 0 Å². The van der Waals surface area contributed by atoms with Crippen LogP contribution in [-0.2, 0) is 9.59 Å². The van der Waals surface area contributed by atoms with Crippen molar-refractivity contribution in [1.29, 1.82) is 0 Å². The average Bonchev–Trinajstić information content (AvgIpc) is 2.74. The van der Waals surface area contributed by atoms with Gasteiger partial charge in [-0.3, -0.25) is 9.59 Å². The second-order valence-corrected chi connectivity index (χ2v) is 7.30. The zero-order valence-corrected chi connectivity index (χ0v) is 12.4. The molecule has 0 aromatic rings. The molecule has 0 heterocycles. The number of amides is 1. The van der Waals surface area contributed by atoms with Gasteiger partial charge >= 0.3 is 5.97 Å². The van der Waals surface area contributed by atoms with Crippen LogP contribution in [-0.4, -0.2) is 33.7 Å². The number of carboxylic acids is 1. The van der Waals surface area contributed by atoms with E-state index in [0.717, 1.165) is 44.9 Å². The normalized spacial score (nSPS) is 37.4. The molecule has 0 aromatic carbocycles. The standard InChI is InChI=1S/C16H25NO4/c18-14(9-16(21)4-2-1-3-5-16)17-13-8-10-6-11(15(19)20)7-12(10)13/h10-13,21H,1-9H2,(H,17,18)(H,19,20)/t10-,11?,12-,13+/m1/s1. The highest BCUT2D eigenvalue weighted by atomic mass is 16.4. The fourth-order valence-corrected chi connectivity index (χ4v) is 4.54. The zero-order chi connectivity index (χ0) is 15.0. The Bertz CT molecular complexity index is 430. The number of nitrogens with one attached hydrogen (secondary N) is 1. The lowest BCUT2D eigenvalue weighted by Crippen LogP contribution is -2.51. The minimum absolute atomic E-state index is 0.0679. The van der Waals surface area contributed by atoms with Crippen molar-refractivity contribution in [2.24, 2.45) is 17.8 Å². The van der Waals surface area contributed by atoms with E-state index in [-0.39, 0.29) is 24.3 Å². The van der Waals surface area contributed by atoms with Crippen LogP contribution in [0.5, 0.6) is 0 Å². The highest BCUT2D eigenvalue weighted by molar-refractivity contribution is 5.77. The first-order chi connectivity index (χ1) is 9.97. The number of aliphatic carboxylic acids is 1. The molecular weight excluding hydrogens is 270 g/mol. The van der Waals surface area contributed by atoms with Crippen LogP contribution in [0.1, 0.15) is 57.8 Å². The maximum Gasteiger partial charge on any atom is 0.306 e. The summed E-state index contributed by atoms with van der Waals surface area (Å²) in [6.07, 6.45) is 7.13. The molecule has 3 fully saturated rings. The van der Waals surface area contributed by atoms with E-state index in [4.69, 9.17) is 5.11 Å². The minimum Gasteiger partial charge on any atom is -0.481 e. The Morgan fingerprint density at radius 3 is 2.48 bits per heavy atom. The van der Waals surface area contributed by atoms with E-state index in [0.29, 0.717) is 18.3 Å². The van der Waals surface area contributed by atoms with Crippen molar-refractivity contribution in [3.8, 4) is 0 Å². The lowest BCUT2D eigenvalue weighted by atomic mass is 9.71. The molecule has 0 aromatic heterocycles. The van der Waals surface area contributed by atoms with Crippen molar-refractivity contribution in [1.82, 2.24) is 5.32 Å². The average molecular weight is 295 g/mol. The molecule has 5 heteroatoms. The third-order valence-electron chi connectivity index (χ3n) is 5.79. The van der Waals surface area contributed by atoms with Gasteiger partial charge in [-0.1, -0.05) is 19.3 Å². The quantitative estimate of drug-likeness (QED) is 0.736.